The molecule has 1 aromatic heterocycles. The second-order valence-electron chi connectivity index (χ2n) is 4.15. The molecule has 1 unspecified atom stereocenters. The van der Waals surface area contributed by atoms with Gasteiger partial charge in [0.2, 0.25) is 0 Å². The third kappa shape index (κ3) is 3.94. The molecule has 1 rings (SSSR count). The Balaban J connectivity index is 2.92. The highest BCUT2D eigenvalue weighted by molar-refractivity contribution is 5.52. The van der Waals surface area contributed by atoms with Crippen molar-refractivity contribution in [3.05, 3.63) is 24.0 Å². The molecule has 0 aliphatic carbocycles. The molecule has 5 nitrogen and oxygen atoms in total. The van der Waals surface area contributed by atoms with Crippen LogP contribution in [-0.2, 0) is 16.1 Å². The molecule has 0 spiro atoms. The summed E-state index contributed by atoms with van der Waals surface area (Å²) in [5.74, 6) is 0. The molecule has 0 aliphatic heterocycles. The van der Waals surface area contributed by atoms with Crippen LogP contribution in [0.3, 0.4) is 0 Å². The number of nitrogens with zero attached hydrogens (tertiary/aromatic N) is 2. The molecule has 0 amide bonds. The minimum atomic E-state index is -0.0215. The van der Waals surface area contributed by atoms with Crippen molar-refractivity contribution in [3.8, 4) is 0 Å². The lowest BCUT2D eigenvalue weighted by Crippen LogP contribution is -2.39. The average molecular weight is 254 g/mol. The monoisotopic (exact) mass is 254 g/mol. The summed E-state index contributed by atoms with van der Waals surface area (Å²) in [7, 11) is 3.36. The fourth-order valence-electron chi connectivity index (χ4n) is 1.92. The standard InChI is InChI=1S/C13H22N2O3/c1-11(10-18-3)15(6-7-17-2)13-4-5-14-8-12(13)9-16/h4-5,8,11,16H,6-7,9-10H2,1-3H3. The van der Waals surface area contributed by atoms with E-state index < -0.39 is 0 Å². The number of aromatic nitrogens is 1. The topological polar surface area (TPSA) is 54.8 Å². The molecule has 102 valence electrons. The number of hydrogen-bond acceptors (Lipinski definition) is 5. The number of pyridine rings is 1. The fourth-order valence-corrected chi connectivity index (χ4v) is 1.92. The second kappa shape index (κ2) is 8.02. The first-order valence-electron chi connectivity index (χ1n) is 6.02. The summed E-state index contributed by atoms with van der Waals surface area (Å²) in [6.45, 7) is 4.06. The molecular weight excluding hydrogens is 232 g/mol. The fraction of sp³-hybridized carbons (Fsp3) is 0.615. The van der Waals surface area contributed by atoms with Gasteiger partial charge in [0.05, 0.1) is 19.8 Å². The maximum atomic E-state index is 9.38. The number of ether oxygens (including phenoxy) is 2. The van der Waals surface area contributed by atoms with E-state index in [4.69, 9.17) is 9.47 Å². The zero-order valence-corrected chi connectivity index (χ0v) is 11.3. The van der Waals surface area contributed by atoms with Crippen molar-refractivity contribution >= 4 is 5.69 Å². The van der Waals surface area contributed by atoms with E-state index >= 15 is 0 Å². The lowest BCUT2D eigenvalue weighted by molar-refractivity contribution is 0.170. The van der Waals surface area contributed by atoms with Gasteiger partial charge in [-0.1, -0.05) is 0 Å². The van der Waals surface area contributed by atoms with Gasteiger partial charge in [-0.05, 0) is 13.0 Å². The highest BCUT2D eigenvalue weighted by Gasteiger charge is 2.17. The first-order chi connectivity index (χ1) is 8.74. The van der Waals surface area contributed by atoms with E-state index in [0.717, 1.165) is 17.8 Å². The Morgan fingerprint density at radius 3 is 2.78 bits per heavy atom. The van der Waals surface area contributed by atoms with E-state index in [1.807, 2.05) is 6.07 Å². The van der Waals surface area contributed by atoms with E-state index in [1.165, 1.54) is 0 Å². The number of aliphatic hydroxyl groups excluding tert-OH is 1. The van der Waals surface area contributed by atoms with Crippen molar-refractivity contribution in [2.45, 2.75) is 19.6 Å². The highest BCUT2D eigenvalue weighted by Crippen LogP contribution is 2.21. The molecule has 5 heteroatoms. The maximum absolute atomic E-state index is 9.38. The third-order valence-electron chi connectivity index (χ3n) is 2.83. The Bertz CT molecular complexity index is 347. The first kappa shape index (κ1) is 14.9. The van der Waals surface area contributed by atoms with Gasteiger partial charge in [0.25, 0.3) is 0 Å². The van der Waals surface area contributed by atoms with Crippen molar-refractivity contribution in [2.24, 2.45) is 0 Å². The average Bonchev–Trinajstić information content (AvgIpc) is 2.40. The SMILES string of the molecule is COCCN(c1ccncc1CO)C(C)COC. The number of anilines is 1. The molecule has 1 aromatic rings. The van der Waals surface area contributed by atoms with Crippen molar-refractivity contribution in [3.63, 3.8) is 0 Å². The summed E-state index contributed by atoms with van der Waals surface area (Å²) in [4.78, 5) is 6.20. The Kier molecular flexibility index (Phi) is 6.64. The van der Waals surface area contributed by atoms with E-state index in [2.05, 4.69) is 16.8 Å². The van der Waals surface area contributed by atoms with Gasteiger partial charge in [0, 0.05) is 50.5 Å². The largest absolute Gasteiger partial charge is 0.392 e. The summed E-state index contributed by atoms with van der Waals surface area (Å²) >= 11 is 0. The molecule has 0 fully saturated rings. The van der Waals surface area contributed by atoms with Crippen molar-refractivity contribution < 1.29 is 14.6 Å². The Morgan fingerprint density at radius 2 is 2.17 bits per heavy atom. The summed E-state index contributed by atoms with van der Waals surface area (Å²) in [6.07, 6.45) is 3.42. The van der Waals surface area contributed by atoms with Gasteiger partial charge in [-0.25, -0.2) is 0 Å². The van der Waals surface area contributed by atoms with Crippen LogP contribution in [0, 0.1) is 0 Å². The van der Waals surface area contributed by atoms with Crippen molar-refractivity contribution in [1.82, 2.24) is 4.98 Å². The van der Waals surface area contributed by atoms with Gasteiger partial charge in [0.1, 0.15) is 0 Å². The van der Waals surface area contributed by atoms with E-state index in [1.54, 1.807) is 26.6 Å². The Morgan fingerprint density at radius 1 is 1.39 bits per heavy atom. The summed E-state index contributed by atoms with van der Waals surface area (Å²) in [6, 6.07) is 2.12. The predicted molar refractivity (Wildman–Crippen MR) is 70.7 cm³/mol. The third-order valence-corrected chi connectivity index (χ3v) is 2.83. The molecule has 0 saturated carbocycles. The lowest BCUT2D eigenvalue weighted by atomic mass is 10.2. The van der Waals surface area contributed by atoms with Crippen LogP contribution in [0.1, 0.15) is 12.5 Å². The van der Waals surface area contributed by atoms with Crippen LogP contribution in [0.5, 0.6) is 0 Å². The minimum absolute atomic E-state index is 0.0215. The normalized spacial score (nSPS) is 12.4. The van der Waals surface area contributed by atoms with Gasteiger partial charge in [0.15, 0.2) is 0 Å². The van der Waals surface area contributed by atoms with Crippen LogP contribution >= 0.6 is 0 Å². The van der Waals surface area contributed by atoms with Gasteiger partial charge >= 0.3 is 0 Å². The molecular formula is C13H22N2O3. The van der Waals surface area contributed by atoms with Crippen molar-refractivity contribution in [1.29, 1.82) is 0 Å². The molecule has 18 heavy (non-hydrogen) atoms. The molecule has 1 N–H and O–H groups in total. The minimum Gasteiger partial charge on any atom is -0.392 e. The van der Waals surface area contributed by atoms with Gasteiger partial charge in [-0.3, -0.25) is 4.98 Å². The molecule has 0 aromatic carbocycles. The van der Waals surface area contributed by atoms with Crippen LogP contribution < -0.4 is 4.90 Å². The quantitative estimate of drug-likeness (QED) is 0.752. The van der Waals surface area contributed by atoms with E-state index in [0.29, 0.717) is 13.2 Å². The van der Waals surface area contributed by atoms with Gasteiger partial charge in [-0.2, -0.15) is 0 Å². The van der Waals surface area contributed by atoms with Crippen LogP contribution in [0.2, 0.25) is 0 Å². The van der Waals surface area contributed by atoms with Crippen LogP contribution in [0.4, 0.5) is 5.69 Å². The molecule has 0 bridgehead atoms. The number of rotatable bonds is 8. The molecule has 0 aliphatic rings. The zero-order chi connectivity index (χ0) is 13.4. The smallest absolute Gasteiger partial charge is 0.0717 e. The summed E-state index contributed by atoms with van der Waals surface area (Å²) in [5.41, 5.74) is 1.80. The summed E-state index contributed by atoms with van der Waals surface area (Å²) in [5, 5.41) is 9.38. The highest BCUT2D eigenvalue weighted by atomic mass is 16.5. The Labute approximate surface area is 108 Å². The van der Waals surface area contributed by atoms with E-state index in [-0.39, 0.29) is 12.6 Å². The predicted octanol–water partition coefficient (Wildman–Crippen LogP) is 1.06. The second-order valence-corrected chi connectivity index (χ2v) is 4.15. The number of methoxy groups -OCH3 is 2. The Hall–Kier alpha value is -1.17. The van der Waals surface area contributed by atoms with E-state index in [9.17, 15) is 5.11 Å². The van der Waals surface area contributed by atoms with Crippen LogP contribution in [-0.4, -0.2) is 50.1 Å². The molecule has 0 radical (unpaired) electrons. The molecule has 1 atom stereocenters. The lowest BCUT2D eigenvalue weighted by Gasteiger charge is -2.32. The maximum Gasteiger partial charge on any atom is 0.0717 e. The van der Waals surface area contributed by atoms with Gasteiger partial charge in [-0.15, -0.1) is 0 Å². The number of hydrogen-bond donors (Lipinski definition) is 1. The first-order valence-corrected chi connectivity index (χ1v) is 6.02. The van der Waals surface area contributed by atoms with Gasteiger partial charge < -0.3 is 19.5 Å². The summed E-state index contributed by atoms with van der Waals surface area (Å²) < 4.78 is 10.3. The van der Waals surface area contributed by atoms with Crippen LogP contribution in [0.15, 0.2) is 18.5 Å². The van der Waals surface area contributed by atoms with Crippen molar-refractivity contribution in [2.75, 3.05) is 38.9 Å². The molecule has 1 heterocycles. The van der Waals surface area contributed by atoms with Crippen LogP contribution in [0.25, 0.3) is 0 Å². The number of aliphatic hydroxyl groups is 1. The zero-order valence-electron chi connectivity index (χ0n) is 11.3. The molecule has 0 saturated heterocycles.